The van der Waals surface area contributed by atoms with Gasteiger partial charge in [0.25, 0.3) is 15.9 Å². The number of anilines is 1. The number of nitrogens with one attached hydrogen (secondary N) is 1. The Balaban J connectivity index is 1.27. The van der Waals surface area contributed by atoms with E-state index >= 15 is 8.78 Å². The van der Waals surface area contributed by atoms with Gasteiger partial charge in [0.2, 0.25) is 0 Å². The monoisotopic (exact) mass is 580 g/mol. The second-order valence-electron chi connectivity index (χ2n) is 9.73. The summed E-state index contributed by atoms with van der Waals surface area (Å²) in [4.78, 5) is 9.68. The van der Waals surface area contributed by atoms with Crippen LogP contribution in [0, 0.1) is 6.92 Å². The number of piperidine rings is 1. The van der Waals surface area contributed by atoms with Gasteiger partial charge in [0.05, 0.1) is 34.6 Å². The van der Waals surface area contributed by atoms with E-state index in [-0.39, 0.29) is 34.7 Å². The number of aryl methyl sites for hydroxylation is 1. The Morgan fingerprint density at radius 3 is 2.40 bits per heavy atom. The van der Waals surface area contributed by atoms with Crippen LogP contribution in [0.5, 0.6) is 0 Å². The zero-order valence-corrected chi connectivity index (χ0v) is 22.1. The number of rotatable bonds is 7. The van der Waals surface area contributed by atoms with Gasteiger partial charge in [-0.15, -0.1) is 4.09 Å². The average Bonchev–Trinajstić information content (AvgIpc) is 3.35. The van der Waals surface area contributed by atoms with Crippen LogP contribution in [0.3, 0.4) is 0 Å². The lowest BCUT2D eigenvalue weighted by Gasteiger charge is -2.38. The molecule has 1 unspecified atom stereocenters. The molecule has 0 amide bonds. The first-order chi connectivity index (χ1) is 18.8. The van der Waals surface area contributed by atoms with Crippen LogP contribution < -0.4 is 5.32 Å². The van der Waals surface area contributed by atoms with Gasteiger partial charge in [-0.1, -0.05) is 29.8 Å². The van der Waals surface area contributed by atoms with E-state index in [9.17, 15) is 21.6 Å². The molecule has 0 aliphatic carbocycles. The molecular formula is C26H25F5N6O2S. The van der Waals surface area contributed by atoms with Crippen LogP contribution in [0.2, 0.25) is 0 Å². The fourth-order valence-electron chi connectivity index (χ4n) is 4.61. The summed E-state index contributed by atoms with van der Waals surface area (Å²) in [5.74, 6) is -3.13. The summed E-state index contributed by atoms with van der Waals surface area (Å²) in [7, 11) is -4.08. The lowest BCUT2D eigenvalue weighted by Crippen LogP contribution is -2.54. The normalized spacial score (nSPS) is 18.2. The zero-order chi connectivity index (χ0) is 28.7. The first-order valence-corrected chi connectivity index (χ1v) is 13.8. The third kappa shape index (κ3) is 5.63. The summed E-state index contributed by atoms with van der Waals surface area (Å²) in [5, 5.41) is 6.91. The minimum atomic E-state index is -4.43. The minimum Gasteiger partial charge on any atom is -0.360 e. The maximum absolute atomic E-state index is 15.2. The fourth-order valence-corrected chi connectivity index (χ4v) is 5.84. The van der Waals surface area contributed by atoms with E-state index in [1.54, 1.807) is 17.0 Å². The lowest BCUT2D eigenvalue weighted by molar-refractivity contribution is -0.137. The standard InChI is InChI=1S/C26H25F5N6O2S/c1-17-2-8-20(9-3-17)40(38,39)37-24-21(14-34-37)23(32-16-33-24)35-22-11-13-36(15-25(22,27)28)12-10-18-4-6-19(7-5-18)26(29,30)31/h2-9,14,16,22H,10-13,15H2,1H3,(H,32,33,35). The van der Waals surface area contributed by atoms with Crippen molar-refractivity contribution < 1.29 is 30.4 Å². The number of benzene rings is 2. The SMILES string of the molecule is Cc1ccc(S(=O)(=O)n2ncc3c(NC4CCN(CCc5ccc(C(F)(F)F)cc5)CC4(F)F)ncnc32)cc1. The average molecular weight is 581 g/mol. The summed E-state index contributed by atoms with van der Waals surface area (Å²) >= 11 is 0. The highest BCUT2D eigenvalue weighted by atomic mass is 32.2. The van der Waals surface area contributed by atoms with Crippen LogP contribution in [0.4, 0.5) is 27.8 Å². The molecule has 0 spiro atoms. The number of fused-ring (bicyclic) bond motifs is 1. The third-order valence-corrected chi connectivity index (χ3v) is 8.46. The van der Waals surface area contributed by atoms with E-state index in [2.05, 4.69) is 20.4 Å². The number of likely N-dealkylation sites (tertiary alicyclic amines) is 1. The van der Waals surface area contributed by atoms with Crippen molar-refractivity contribution in [3.63, 3.8) is 0 Å². The second-order valence-corrected chi connectivity index (χ2v) is 11.5. The van der Waals surface area contributed by atoms with Gasteiger partial charge in [0.1, 0.15) is 12.1 Å². The number of nitrogens with zero attached hydrogens (tertiary/aromatic N) is 5. The van der Waals surface area contributed by atoms with Gasteiger partial charge in [-0.25, -0.2) is 18.7 Å². The van der Waals surface area contributed by atoms with Gasteiger partial charge < -0.3 is 5.32 Å². The van der Waals surface area contributed by atoms with Crippen LogP contribution >= 0.6 is 0 Å². The molecule has 3 heterocycles. The first kappa shape index (κ1) is 27.9. The number of alkyl halides is 5. The van der Waals surface area contributed by atoms with Gasteiger partial charge in [-0.2, -0.15) is 26.7 Å². The van der Waals surface area contributed by atoms with E-state index in [1.165, 1.54) is 30.5 Å². The Morgan fingerprint density at radius 2 is 1.75 bits per heavy atom. The Morgan fingerprint density at radius 1 is 1.05 bits per heavy atom. The van der Waals surface area contributed by atoms with Crippen molar-refractivity contribution in [1.82, 2.24) is 24.1 Å². The molecule has 1 fully saturated rings. The van der Waals surface area contributed by atoms with Crippen molar-refractivity contribution in [3.8, 4) is 0 Å². The minimum absolute atomic E-state index is 0.00595. The molecule has 1 saturated heterocycles. The van der Waals surface area contributed by atoms with E-state index < -0.39 is 40.3 Å². The highest BCUT2D eigenvalue weighted by Gasteiger charge is 2.45. The molecule has 0 radical (unpaired) electrons. The number of hydrogen-bond acceptors (Lipinski definition) is 7. The topological polar surface area (TPSA) is 93.0 Å². The molecule has 0 saturated carbocycles. The summed E-state index contributed by atoms with van der Waals surface area (Å²) < 4.78 is 95.6. The molecule has 0 bridgehead atoms. The van der Waals surface area contributed by atoms with Gasteiger partial charge in [0.15, 0.2) is 5.65 Å². The molecular weight excluding hydrogens is 555 g/mol. The van der Waals surface area contributed by atoms with Crippen molar-refractivity contribution in [2.24, 2.45) is 0 Å². The molecule has 1 aliphatic rings. The molecule has 8 nitrogen and oxygen atoms in total. The molecule has 1 atom stereocenters. The van der Waals surface area contributed by atoms with Crippen molar-refractivity contribution in [2.45, 2.75) is 42.8 Å². The summed E-state index contributed by atoms with van der Waals surface area (Å²) in [6, 6.07) is 9.59. The lowest BCUT2D eigenvalue weighted by atomic mass is 9.99. The molecule has 5 rings (SSSR count). The van der Waals surface area contributed by atoms with Crippen molar-refractivity contribution >= 4 is 26.9 Å². The largest absolute Gasteiger partial charge is 0.416 e. The molecule has 2 aromatic heterocycles. The molecule has 2 aromatic carbocycles. The Hall–Kier alpha value is -3.65. The number of hydrogen-bond donors (Lipinski definition) is 1. The second kappa shape index (κ2) is 10.4. The predicted octanol–water partition coefficient (Wildman–Crippen LogP) is 4.75. The Kier molecular flexibility index (Phi) is 7.25. The molecule has 1 N–H and O–H groups in total. The van der Waals surface area contributed by atoms with Gasteiger partial charge in [-0.05, 0) is 49.6 Å². The van der Waals surface area contributed by atoms with Crippen molar-refractivity contribution in [2.75, 3.05) is 25.0 Å². The van der Waals surface area contributed by atoms with E-state index in [0.29, 0.717) is 18.5 Å². The quantitative estimate of drug-likeness (QED) is 0.315. The highest BCUT2D eigenvalue weighted by Crippen LogP contribution is 2.32. The maximum Gasteiger partial charge on any atom is 0.416 e. The molecule has 14 heteroatoms. The van der Waals surface area contributed by atoms with Crippen molar-refractivity contribution in [3.05, 3.63) is 77.7 Å². The molecule has 212 valence electrons. The molecule has 40 heavy (non-hydrogen) atoms. The Bertz CT molecular complexity index is 1610. The van der Waals surface area contributed by atoms with E-state index in [4.69, 9.17) is 0 Å². The number of halogens is 5. The van der Waals surface area contributed by atoms with E-state index in [0.717, 1.165) is 28.1 Å². The fraction of sp³-hybridized carbons (Fsp3) is 0.346. The van der Waals surface area contributed by atoms with Crippen LogP contribution in [0.25, 0.3) is 11.0 Å². The van der Waals surface area contributed by atoms with Crippen LogP contribution in [-0.4, -0.2) is 64.1 Å². The van der Waals surface area contributed by atoms with Crippen LogP contribution in [0.1, 0.15) is 23.1 Å². The zero-order valence-electron chi connectivity index (χ0n) is 21.2. The maximum atomic E-state index is 15.2. The number of aromatic nitrogens is 4. The van der Waals surface area contributed by atoms with Gasteiger partial charge >= 0.3 is 6.18 Å². The summed E-state index contributed by atoms with van der Waals surface area (Å²) in [6.45, 7) is 1.85. The van der Waals surface area contributed by atoms with Gasteiger partial charge in [-0.3, -0.25) is 4.90 Å². The van der Waals surface area contributed by atoms with Crippen LogP contribution in [0.15, 0.2) is 66.0 Å². The first-order valence-electron chi connectivity index (χ1n) is 12.4. The molecule has 4 aromatic rings. The predicted molar refractivity (Wildman–Crippen MR) is 138 cm³/mol. The summed E-state index contributed by atoms with van der Waals surface area (Å²) in [5.41, 5.74) is 0.698. The van der Waals surface area contributed by atoms with Gasteiger partial charge in [0, 0.05) is 13.1 Å². The summed E-state index contributed by atoms with van der Waals surface area (Å²) in [6.07, 6.45) is -1.74. The molecule has 1 aliphatic heterocycles. The van der Waals surface area contributed by atoms with E-state index in [1.807, 2.05) is 6.92 Å². The third-order valence-electron chi connectivity index (χ3n) is 6.87. The highest BCUT2D eigenvalue weighted by molar-refractivity contribution is 7.90. The Labute approximate surface area is 226 Å². The van der Waals surface area contributed by atoms with Crippen LogP contribution in [-0.2, 0) is 22.6 Å². The van der Waals surface area contributed by atoms with Crippen molar-refractivity contribution in [1.29, 1.82) is 0 Å². The smallest absolute Gasteiger partial charge is 0.360 e.